The van der Waals surface area contributed by atoms with Crippen molar-refractivity contribution in [3.8, 4) is 0 Å². The van der Waals surface area contributed by atoms with Crippen LogP contribution >= 0.6 is 11.8 Å². The summed E-state index contributed by atoms with van der Waals surface area (Å²) in [7, 11) is 0. The van der Waals surface area contributed by atoms with Crippen LogP contribution in [0.4, 0.5) is 0 Å². The van der Waals surface area contributed by atoms with Crippen LogP contribution < -0.4 is 0 Å². The summed E-state index contributed by atoms with van der Waals surface area (Å²) < 4.78 is 13.2. The molecule has 0 spiro atoms. The van der Waals surface area contributed by atoms with Crippen LogP contribution in [0.15, 0.2) is 68.9 Å². The van der Waals surface area contributed by atoms with E-state index in [0.717, 1.165) is 22.7 Å². The van der Waals surface area contributed by atoms with Gasteiger partial charge in [-0.1, -0.05) is 42.1 Å². The first-order valence-corrected chi connectivity index (χ1v) is 10.3. The number of nitrogens with zero attached hydrogens (tertiary/aromatic N) is 3. The zero-order chi connectivity index (χ0) is 20.2. The summed E-state index contributed by atoms with van der Waals surface area (Å²) in [5, 5.41) is 8.54. The Morgan fingerprint density at radius 1 is 1.10 bits per heavy atom. The van der Waals surface area contributed by atoms with Gasteiger partial charge in [-0.15, -0.1) is 10.2 Å². The van der Waals surface area contributed by atoms with E-state index in [4.69, 9.17) is 8.83 Å². The highest BCUT2D eigenvalue weighted by atomic mass is 32.2. The zero-order valence-corrected chi connectivity index (χ0v) is 17.1. The molecule has 3 heterocycles. The Kier molecular flexibility index (Phi) is 5.67. The maximum Gasteiger partial charge on any atom is 0.277 e. The molecular weight excluding hydrogens is 386 g/mol. The molecular formula is C22H21N3O3S. The fourth-order valence-electron chi connectivity index (χ4n) is 3.23. The lowest BCUT2D eigenvalue weighted by Gasteiger charge is -2.07. The number of benzene rings is 1. The van der Waals surface area contributed by atoms with E-state index in [2.05, 4.69) is 14.8 Å². The third kappa shape index (κ3) is 4.51. The topological polar surface area (TPSA) is 74.1 Å². The summed E-state index contributed by atoms with van der Waals surface area (Å²) in [6.45, 7) is 4.56. The molecule has 0 aliphatic rings. The lowest BCUT2D eigenvalue weighted by atomic mass is 10.2. The molecule has 0 fully saturated rings. The fraction of sp³-hybridized carbons (Fsp3) is 0.227. The lowest BCUT2D eigenvalue weighted by Crippen LogP contribution is -2.07. The van der Waals surface area contributed by atoms with Crippen molar-refractivity contribution in [3.05, 3.63) is 89.0 Å². The highest BCUT2D eigenvalue weighted by Crippen LogP contribution is 2.23. The molecule has 3 aromatic heterocycles. The predicted octanol–water partition coefficient (Wildman–Crippen LogP) is 4.70. The number of aryl methyl sites for hydroxylation is 1. The second kappa shape index (κ2) is 8.53. The van der Waals surface area contributed by atoms with Gasteiger partial charge in [-0.3, -0.25) is 4.79 Å². The number of rotatable bonds is 8. The first kappa shape index (κ1) is 19.3. The van der Waals surface area contributed by atoms with Crippen molar-refractivity contribution in [1.29, 1.82) is 0 Å². The molecule has 0 atom stereocenters. The Morgan fingerprint density at radius 2 is 1.93 bits per heavy atom. The molecule has 0 amide bonds. The second-order valence-electron chi connectivity index (χ2n) is 6.79. The lowest BCUT2D eigenvalue weighted by molar-refractivity contribution is 0.102. The van der Waals surface area contributed by atoms with Crippen LogP contribution in [-0.4, -0.2) is 26.3 Å². The number of hydrogen-bond acceptors (Lipinski definition) is 6. The van der Waals surface area contributed by atoms with Gasteiger partial charge < -0.3 is 13.4 Å². The van der Waals surface area contributed by atoms with Crippen molar-refractivity contribution in [2.45, 2.75) is 32.0 Å². The molecule has 29 heavy (non-hydrogen) atoms. The largest absolute Gasteiger partial charge is 0.467 e. The molecule has 0 saturated heterocycles. The number of ketones is 1. The highest BCUT2D eigenvalue weighted by Gasteiger charge is 2.18. The molecule has 0 saturated carbocycles. The maximum atomic E-state index is 12.8. The minimum atomic E-state index is 0.0385. The van der Waals surface area contributed by atoms with E-state index in [1.165, 1.54) is 11.8 Å². The fourth-order valence-corrected chi connectivity index (χ4v) is 3.89. The zero-order valence-electron chi connectivity index (χ0n) is 16.3. The average Bonchev–Trinajstić information content (AvgIpc) is 3.45. The molecule has 0 N–H and O–H groups in total. The van der Waals surface area contributed by atoms with Gasteiger partial charge in [0.15, 0.2) is 5.78 Å². The van der Waals surface area contributed by atoms with Crippen LogP contribution in [0.2, 0.25) is 0 Å². The summed E-state index contributed by atoms with van der Waals surface area (Å²) >= 11 is 1.27. The third-order valence-electron chi connectivity index (χ3n) is 4.74. The number of Topliss-reactive ketones (excluding diaryl/α,β-unsaturated/α-hetero) is 1. The van der Waals surface area contributed by atoms with Crippen LogP contribution in [0.3, 0.4) is 0 Å². The number of carbonyl (C=O) groups is 1. The van der Waals surface area contributed by atoms with Crippen LogP contribution in [0.25, 0.3) is 0 Å². The molecule has 0 radical (unpaired) electrons. The van der Waals surface area contributed by atoms with Crippen LogP contribution in [0.5, 0.6) is 0 Å². The number of carbonyl (C=O) groups excluding carboxylic acids is 1. The highest BCUT2D eigenvalue weighted by molar-refractivity contribution is 7.99. The monoisotopic (exact) mass is 407 g/mol. The molecule has 0 unspecified atom stereocenters. The molecule has 0 bridgehead atoms. The average molecular weight is 407 g/mol. The molecule has 1 aromatic carbocycles. The Hall–Kier alpha value is -3.06. The van der Waals surface area contributed by atoms with Gasteiger partial charge in [0.2, 0.25) is 5.89 Å². The van der Waals surface area contributed by atoms with E-state index in [-0.39, 0.29) is 11.5 Å². The minimum Gasteiger partial charge on any atom is -0.467 e. The number of thioether (sulfide) groups is 1. The molecule has 148 valence electrons. The molecule has 6 nitrogen and oxygen atoms in total. The summed E-state index contributed by atoms with van der Waals surface area (Å²) in [5.41, 5.74) is 3.77. The normalized spacial score (nSPS) is 11.1. The van der Waals surface area contributed by atoms with E-state index in [1.54, 1.807) is 6.26 Å². The van der Waals surface area contributed by atoms with Crippen LogP contribution in [0, 0.1) is 13.8 Å². The van der Waals surface area contributed by atoms with Gasteiger partial charge in [0.1, 0.15) is 5.76 Å². The van der Waals surface area contributed by atoms with E-state index in [1.807, 2.05) is 62.4 Å². The minimum absolute atomic E-state index is 0.0385. The van der Waals surface area contributed by atoms with Crippen LogP contribution in [0.1, 0.15) is 39.0 Å². The maximum absolute atomic E-state index is 12.8. The Balaban J connectivity index is 1.39. The molecule has 0 aliphatic heterocycles. The van der Waals surface area contributed by atoms with Crippen molar-refractivity contribution in [3.63, 3.8) is 0 Å². The summed E-state index contributed by atoms with van der Waals surface area (Å²) in [6.07, 6.45) is 2.24. The SMILES string of the molecule is Cc1cc(C(=O)CSc2nnc(Cc3ccccc3)o2)c(C)n1Cc1ccco1. The van der Waals surface area contributed by atoms with Gasteiger partial charge in [0, 0.05) is 17.0 Å². The molecule has 7 heteroatoms. The second-order valence-corrected chi connectivity index (χ2v) is 7.71. The van der Waals surface area contributed by atoms with Gasteiger partial charge in [-0.2, -0.15) is 0 Å². The van der Waals surface area contributed by atoms with E-state index < -0.39 is 0 Å². The van der Waals surface area contributed by atoms with Gasteiger partial charge in [0.05, 0.1) is 25.0 Å². The van der Waals surface area contributed by atoms with Gasteiger partial charge >= 0.3 is 0 Å². The summed E-state index contributed by atoms with van der Waals surface area (Å²) in [6, 6.07) is 15.7. The Labute approximate surface area is 172 Å². The Bertz CT molecular complexity index is 1100. The molecule has 0 aliphatic carbocycles. The van der Waals surface area contributed by atoms with E-state index in [0.29, 0.717) is 29.6 Å². The Morgan fingerprint density at radius 3 is 2.69 bits per heavy atom. The van der Waals surface area contributed by atoms with Crippen molar-refractivity contribution in [2.24, 2.45) is 0 Å². The molecule has 4 rings (SSSR count). The van der Waals surface area contributed by atoms with E-state index >= 15 is 0 Å². The van der Waals surface area contributed by atoms with Gasteiger partial charge in [0.25, 0.3) is 5.22 Å². The van der Waals surface area contributed by atoms with Crippen molar-refractivity contribution in [1.82, 2.24) is 14.8 Å². The predicted molar refractivity (Wildman–Crippen MR) is 110 cm³/mol. The van der Waals surface area contributed by atoms with Gasteiger partial charge in [-0.05, 0) is 37.6 Å². The number of furan rings is 1. The van der Waals surface area contributed by atoms with Crippen molar-refractivity contribution >= 4 is 17.5 Å². The number of aromatic nitrogens is 3. The summed E-state index contributed by atoms with van der Waals surface area (Å²) in [5.74, 6) is 1.69. The first-order chi connectivity index (χ1) is 14.1. The smallest absolute Gasteiger partial charge is 0.277 e. The molecule has 4 aromatic rings. The van der Waals surface area contributed by atoms with E-state index in [9.17, 15) is 4.79 Å². The number of hydrogen-bond donors (Lipinski definition) is 0. The quantitative estimate of drug-likeness (QED) is 0.311. The van der Waals surface area contributed by atoms with Crippen molar-refractivity contribution < 1.29 is 13.6 Å². The van der Waals surface area contributed by atoms with Crippen LogP contribution in [-0.2, 0) is 13.0 Å². The standard InChI is InChI=1S/C22H21N3O3S/c1-15-11-19(16(2)25(15)13-18-9-6-10-27-18)20(26)14-29-22-24-23-21(28-22)12-17-7-4-3-5-8-17/h3-11H,12-14H2,1-2H3. The van der Waals surface area contributed by atoms with Gasteiger partial charge in [-0.25, -0.2) is 0 Å². The van der Waals surface area contributed by atoms with Crippen molar-refractivity contribution in [2.75, 3.05) is 5.75 Å². The summed E-state index contributed by atoms with van der Waals surface area (Å²) in [4.78, 5) is 12.8. The first-order valence-electron chi connectivity index (χ1n) is 9.31. The third-order valence-corrected chi connectivity index (χ3v) is 5.56.